The van der Waals surface area contributed by atoms with Gasteiger partial charge in [0.15, 0.2) is 0 Å². The van der Waals surface area contributed by atoms with Crippen molar-refractivity contribution in [3.05, 3.63) is 30.1 Å². The number of amides is 3. The van der Waals surface area contributed by atoms with Gasteiger partial charge in [0.2, 0.25) is 11.8 Å². The molecular weight excluding hydrogens is 358 g/mol. The van der Waals surface area contributed by atoms with Gasteiger partial charge in [-0.15, -0.1) is 0 Å². The summed E-state index contributed by atoms with van der Waals surface area (Å²) in [5, 5.41) is 3.96. The van der Waals surface area contributed by atoms with Crippen LogP contribution < -0.4 is 5.43 Å². The summed E-state index contributed by atoms with van der Waals surface area (Å²) in [6.45, 7) is 2.59. The second-order valence-corrected chi connectivity index (χ2v) is 8.03. The van der Waals surface area contributed by atoms with E-state index in [1.54, 1.807) is 12.4 Å². The number of piperidine rings is 2. The van der Waals surface area contributed by atoms with Crippen molar-refractivity contribution in [2.24, 2.45) is 10.5 Å². The minimum Gasteiger partial charge on any atom is -0.338 e. The van der Waals surface area contributed by atoms with Crippen LogP contribution in [0.4, 0.5) is 0 Å². The van der Waals surface area contributed by atoms with Gasteiger partial charge in [-0.3, -0.25) is 19.4 Å². The molecule has 0 unspecified atom stereocenters. The number of carbonyl (C=O) groups excluding carboxylic acids is 3. The molecule has 4 rings (SSSR count). The summed E-state index contributed by atoms with van der Waals surface area (Å²) in [5.41, 5.74) is 3.84. The molecule has 8 heteroatoms. The Hall–Kier alpha value is -2.77. The van der Waals surface area contributed by atoms with Crippen LogP contribution in [0.25, 0.3) is 0 Å². The largest absolute Gasteiger partial charge is 0.338 e. The number of likely N-dealkylation sites (tertiary alicyclic amines) is 2. The van der Waals surface area contributed by atoms with Crippen molar-refractivity contribution in [1.29, 1.82) is 0 Å². The van der Waals surface area contributed by atoms with Crippen LogP contribution in [0.1, 0.15) is 44.1 Å². The third-order valence-corrected chi connectivity index (χ3v) is 5.97. The topological polar surface area (TPSA) is 95.0 Å². The van der Waals surface area contributed by atoms with Crippen molar-refractivity contribution in [2.75, 3.05) is 19.6 Å². The van der Waals surface area contributed by atoms with Crippen molar-refractivity contribution in [3.63, 3.8) is 0 Å². The summed E-state index contributed by atoms with van der Waals surface area (Å²) >= 11 is 0. The molecule has 0 saturated carbocycles. The third-order valence-electron chi connectivity index (χ3n) is 5.97. The number of nitrogens with one attached hydrogen (secondary N) is 1. The molecule has 1 N–H and O–H groups in total. The second-order valence-electron chi connectivity index (χ2n) is 8.03. The molecule has 3 aliphatic heterocycles. The zero-order valence-corrected chi connectivity index (χ0v) is 15.9. The molecule has 3 aliphatic rings. The SMILES string of the molecule is O=C1CCC(C(=O)N2CCC[C@@]3(CCC(=O)N(Cc4ccncc4)C3)C2)=NN1. The number of carbonyl (C=O) groups is 3. The van der Waals surface area contributed by atoms with Crippen LogP contribution in [0.2, 0.25) is 0 Å². The van der Waals surface area contributed by atoms with Crippen LogP contribution in [0, 0.1) is 5.41 Å². The van der Waals surface area contributed by atoms with Crippen LogP contribution in [0.15, 0.2) is 29.6 Å². The summed E-state index contributed by atoms with van der Waals surface area (Å²) in [6.07, 6.45) is 7.44. The molecule has 8 nitrogen and oxygen atoms in total. The predicted octanol–water partition coefficient (Wildman–Crippen LogP) is 1.08. The first-order valence-electron chi connectivity index (χ1n) is 9.86. The van der Waals surface area contributed by atoms with E-state index in [4.69, 9.17) is 0 Å². The van der Waals surface area contributed by atoms with E-state index in [2.05, 4.69) is 15.5 Å². The van der Waals surface area contributed by atoms with Gasteiger partial charge in [0, 0.05) is 63.3 Å². The number of rotatable bonds is 3. The minimum atomic E-state index is -0.149. The van der Waals surface area contributed by atoms with Gasteiger partial charge < -0.3 is 9.80 Å². The average molecular weight is 383 g/mol. The van der Waals surface area contributed by atoms with E-state index in [-0.39, 0.29) is 23.1 Å². The number of hydrogen-bond donors (Lipinski definition) is 1. The maximum absolute atomic E-state index is 12.9. The normalized spacial score (nSPS) is 25.5. The Labute approximate surface area is 164 Å². The molecule has 0 bridgehead atoms. The lowest BCUT2D eigenvalue weighted by Gasteiger charge is -2.48. The van der Waals surface area contributed by atoms with Gasteiger partial charge in [-0.1, -0.05) is 0 Å². The van der Waals surface area contributed by atoms with Gasteiger partial charge in [-0.05, 0) is 37.0 Å². The van der Waals surface area contributed by atoms with Crippen LogP contribution in [0.5, 0.6) is 0 Å². The lowest BCUT2D eigenvalue weighted by molar-refractivity contribution is -0.141. The van der Waals surface area contributed by atoms with E-state index < -0.39 is 0 Å². The van der Waals surface area contributed by atoms with Crippen molar-refractivity contribution >= 4 is 23.4 Å². The van der Waals surface area contributed by atoms with Gasteiger partial charge in [-0.2, -0.15) is 5.10 Å². The van der Waals surface area contributed by atoms with Gasteiger partial charge >= 0.3 is 0 Å². The van der Waals surface area contributed by atoms with E-state index in [1.165, 1.54) is 0 Å². The molecule has 0 aliphatic carbocycles. The summed E-state index contributed by atoms with van der Waals surface area (Å²) < 4.78 is 0. The summed E-state index contributed by atoms with van der Waals surface area (Å²) in [7, 11) is 0. The first-order chi connectivity index (χ1) is 13.5. The van der Waals surface area contributed by atoms with Gasteiger partial charge in [-0.25, -0.2) is 5.43 Å². The molecule has 2 fully saturated rings. The zero-order valence-electron chi connectivity index (χ0n) is 15.9. The van der Waals surface area contributed by atoms with Gasteiger partial charge in [0.05, 0.1) is 0 Å². The molecule has 4 heterocycles. The highest BCUT2D eigenvalue weighted by Gasteiger charge is 2.43. The number of pyridine rings is 1. The Balaban J connectivity index is 1.45. The Kier molecular flexibility index (Phi) is 5.11. The van der Waals surface area contributed by atoms with E-state index >= 15 is 0 Å². The zero-order chi connectivity index (χ0) is 19.6. The minimum absolute atomic E-state index is 0.0622. The maximum atomic E-state index is 12.9. The highest BCUT2D eigenvalue weighted by molar-refractivity contribution is 6.39. The Morgan fingerprint density at radius 1 is 1.11 bits per heavy atom. The summed E-state index contributed by atoms with van der Waals surface area (Å²) in [5.74, 6) is -0.0638. The number of hydrazone groups is 1. The molecule has 1 atom stereocenters. The van der Waals surface area contributed by atoms with E-state index in [0.717, 1.165) is 24.8 Å². The van der Waals surface area contributed by atoms with Gasteiger partial charge in [0.25, 0.3) is 5.91 Å². The Morgan fingerprint density at radius 3 is 2.68 bits per heavy atom. The standard InChI is InChI=1S/C20H25N5O3/c26-17-3-2-16(22-23-17)19(28)24-11-1-7-20(13-24)8-4-18(27)25(14-20)12-15-5-9-21-10-6-15/h5-6,9-10H,1-4,7-8,11-14H2,(H,23,26)/t20-/m1/s1. The van der Waals surface area contributed by atoms with Gasteiger partial charge in [0.1, 0.15) is 5.71 Å². The Bertz CT molecular complexity index is 809. The highest BCUT2D eigenvalue weighted by atomic mass is 16.2. The number of hydrogen-bond acceptors (Lipinski definition) is 5. The quantitative estimate of drug-likeness (QED) is 0.845. The van der Waals surface area contributed by atoms with Crippen LogP contribution >= 0.6 is 0 Å². The molecular formula is C20H25N5O3. The molecule has 1 aromatic heterocycles. The molecule has 3 amide bonds. The van der Waals surface area contributed by atoms with E-state index in [0.29, 0.717) is 51.2 Å². The molecule has 0 radical (unpaired) electrons. The molecule has 0 aromatic carbocycles. The first kappa shape index (κ1) is 18.6. The third kappa shape index (κ3) is 3.90. The molecule has 1 aromatic rings. The highest BCUT2D eigenvalue weighted by Crippen LogP contribution is 2.39. The second kappa shape index (κ2) is 7.69. The van der Waals surface area contributed by atoms with E-state index in [1.807, 2.05) is 21.9 Å². The van der Waals surface area contributed by atoms with Crippen LogP contribution in [-0.2, 0) is 20.9 Å². The fourth-order valence-electron chi connectivity index (χ4n) is 4.48. The average Bonchev–Trinajstić information content (AvgIpc) is 2.72. The predicted molar refractivity (Wildman–Crippen MR) is 102 cm³/mol. The molecule has 1 spiro atoms. The summed E-state index contributed by atoms with van der Waals surface area (Å²) in [4.78, 5) is 44.5. The Morgan fingerprint density at radius 2 is 1.93 bits per heavy atom. The lowest BCUT2D eigenvalue weighted by atomic mass is 9.73. The fourth-order valence-corrected chi connectivity index (χ4v) is 4.48. The molecule has 28 heavy (non-hydrogen) atoms. The smallest absolute Gasteiger partial charge is 0.270 e. The number of nitrogens with zero attached hydrogens (tertiary/aromatic N) is 4. The number of aromatic nitrogens is 1. The maximum Gasteiger partial charge on any atom is 0.270 e. The van der Waals surface area contributed by atoms with E-state index in [9.17, 15) is 14.4 Å². The molecule has 148 valence electrons. The van der Waals surface area contributed by atoms with Crippen molar-refractivity contribution in [1.82, 2.24) is 20.2 Å². The first-order valence-corrected chi connectivity index (χ1v) is 9.86. The fraction of sp³-hybridized carbons (Fsp3) is 0.550. The van der Waals surface area contributed by atoms with Crippen LogP contribution in [-0.4, -0.2) is 57.9 Å². The summed E-state index contributed by atoms with van der Waals surface area (Å²) in [6, 6.07) is 3.86. The van der Waals surface area contributed by atoms with Crippen molar-refractivity contribution < 1.29 is 14.4 Å². The molecule has 2 saturated heterocycles. The van der Waals surface area contributed by atoms with Crippen molar-refractivity contribution in [3.8, 4) is 0 Å². The van der Waals surface area contributed by atoms with Crippen molar-refractivity contribution in [2.45, 2.75) is 45.1 Å². The van der Waals surface area contributed by atoms with Crippen LogP contribution in [0.3, 0.4) is 0 Å². The lowest BCUT2D eigenvalue weighted by Crippen LogP contribution is -2.56. The monoisotopic (exact) mass is 383 g/mol.